The van der Waals surface area contributed by atoms with Crippen LogP contribution in [-0.2, 0) is 0 Å². The molecule has 2 aromatic carbocycles. The fraction of sp³-hybridized carbons (Fsp3) is 0.200. The fourth-order valence-corrected chi connectivity index (χ4v) is 3.99. The second-order valence-corrected chi connectivity index (χ2v) is 7.95. The van der Waals surface area contributed by atoms with Gasteiger partial charge >= 0.3 is 0 Å². The zero-order chi connectivity index (χ0) is 18.7. The Balaban J connectivity index is 1.77. The third kappa shape index (κ3) is 4.14. The number of benzene rings is 2. The number of carbonyl (C=O) groups is 1. The number of hydrogen-bond acceptors (Lipinski definition) is 4. The highest BCUT2D eigenvalue weighted by Gasteiger charge is 2.20. The van der Waals surface area contributed by atoms with Crippen molar-refractivity contribution in [1.82, 2.24) is 10.3 Å². The summed E-state index contributed by atoms with van der Waals surface area (Å²) in [5.74, 6) is -0.0970. The molecule has 6 heteroatoms. The van der Waals surface area contributed by atoms with E-state index in [0.29, 0.717) is 4.88 Å². The SMILES string of the molecule is Cc1nc(N(C)c2ccccc2)sc1C(=O)N[C@@H](C)c1cccc(Br)c1. The van der Waals surface area contributed by atoms with Gasteiger partial charge in [-0.1, -0.05) is 57.6 Å². The van der Waals surface area contributed by atoms with Crippen LogP contribution < -0.4 is 10.2 Å². The number of nitrogens with zero attached hydrogens (tertiary/aromatic N) is 2. The highest BCUT2D eigenvalue weighted by atomic mass is 79.9. The molecule has 1 atom stereocenters. The first-order valence-electron chi connectivity index (χ1n) is 8.28. The van der Waals surface area contributed by atoms with Crippen LogP contribution in [0.3, 0.4) is 0 Å². The van der Waals surface area contributed by atoms with Crippen molar-refractivity contribution in [2.24, 2.45) is 0 Å². The van der Waals surface area contributed by atoms with E-state index in [2.05, 4.69) is 26.2 Å². The number of para-hydroxylation sites is 1. The van der Waals surface area contributed by atoms with Gasteiger partial charge in [-0.2, -0.15) is 0 Å². The number of rotatable bonds is 5. The molecule has 3 aromatic rings. The minimum absolute atomic E-state index is 0.0863. The Bertz CT molecular complexity index is 910. The Hall–Kier alpha value is -2.18. The van der Waals surface area contributed by atoms with Gasteiger partial charge < -0.3 is 10.2 Å². The lowest BCUT2D eigenvalue weighted by atomic mass is 10.1. The largest absolute Gasteiger partial charge is 0.345 e. The topological polar surface area (TPSA) is 45.2 Å². The highest BCUT2D eigenvalue weighted by Crippen LogP contribution is 2.30. The minimum atomic E-state index is -0.0970. The highest BCUT2D eigenvalue weighted by molar-refractivity contribution is 9.10. The smallest absolute Gasteiger partial charge is 0.263 e. The van der Waals surface area contributed by atoms with E-state index in [1.807, 2.05) is 80.4 Å². The maximum atomic E-state index is 12.7. The molecule has 0 aliphatic heterocycles. The number of carbonyl (C=O) groups excluding carboxylic acids is 1. The van der Waals surface area contributed by atoms with Crippen LogP contribution in [0.4, 0.5) is 10.8 Å². The first-order chi connectivity index (χ1) is 12.5. The van der Waals surface area contributed by atoms with Crippen LogP contribution in [0.1, 0.15) is 33.9 Å². The van der Waals surface area contributed by atoms with Gasteiger partial charge in [0.2, 0.25) is 0 Å². The van der Waals surface area contributed by atoms with Crippen LogP contribution >= 0.6 is 27.3 Å². The van der Waals surface area contributed by atoms with Crippen molar-refractivity contribution in [1.29, 1.82) is 0 Å². The van der Waals surface area contributed by atoms with Gasteiger partial charge in [-0.05, 0) is 43.7 Å². The zero-order valence-corrected chi connectivity index (χ0v) is 17.3. The summed E-state index contributed by atoms with van der Waals surface area (Å²) in [6.07, 6.45) is 0. The van der Waals surface area contributed by atoms with E-state index in [1.165, 1.54) is 11.3 Å². The zero-order valence-electron chi connectivity index (χ0n) is 14.9. The van der Waals surface area contributed by atoms with Crippen molar-refractivity contribution in [3.05, 3.63) is 75.2 Å². The molecule has 134 valence electrons. The van der Waals surface area contributed by atoms with E-state index in [-0.39, 0.29) is 11.9 Å². The summed E-state index contributed by atoms with van der Waals surface area (Å²) < 4.78 is 0.997. The van der Waals surface area contributed by atoms with Gasteiger partial charge in [-0.15, -0.1) is 0 Å². The first-order valence-corrected chi connectivity index (χ1v) is 9.89. The van der Waals surface area contributed by atoms with Crippen LogP contribution in [0.5, 0.6) is 0 Å². The van der Waals surface area contributed by atoms with Gasteiger partial charge in [0.1, 0.15) is 4.88 Å². The molecule has 0 saturated heterocycles. The summed E-state index contributed by atoms with van der Waals surface area (Å²) >= 11 is 4.87. The third-order valence-electron chi connectivity index (χ3n) is 4.12. The Morgan fingerprint density at radius 1 is 1.19 bits per heavy atom. The lowest BCUT2D eigenvalue weighted by molar-refractivity contribution is 0.0943. The summed E-state index contributed by atoms with van der Waals surface area (Å²) in [6, 6.07) is 17.9. The molecular weight excluding hydrogens is 410 g/mol. The Kier molecular flexibility index (Phi) is 5.74. The van der Waals surface area contributed by atoms with E-state index in [9.17, 15) is 4.79 Å². The van der Waals surface area contributed by atoms with Crippen LogP contribution in [0.25, 0.3) is 0 Å². The van der Waals surface area contributed by atoms with Crippen molar-refractivity contribution in [3.8, 4) is 0 Å². The predicted molar refractivity (Wildman–Crippen MR) is 111 cm³/mol. The van der Waals surface area contributed by atoms with Crippen molar-refractivity contribution in [2.45, 2.75) is 19.9 Å². The third-order valence-corrected chi connectivity index (χ3v) is 5.84. The number of aryl methyl sites for hydroxylation is 1. The maximum Gasteiger partial charge on any atom is 0.263 e. The number of anilines is 2. The molecule has 0 spiro atoms. The summed E-state index contributed by atoms with van der Waals surface area (Å²) in [5.41, 5.74) is 2.83. The molecule has 1 aromatic heterocycles. The van der Waals surface area contributed by atoms with E-state index in [0.717, 1.165) is 26.5 Å². The minimum Gasteiger partial charge on any atom is -0.345 e. The molecule has 0 aliphatic carbocycles. The van der Waals surface area contributed by atoms with Gasteiger partial charge in [-0.25, -0.2) is 4.98 Å². The van der Waals surface area contributed by atoms with Gasteiger partial charge in [0.15, 0.2) is 5.13 Å². The number of nitrogens with one attached hydrogen (secondary N) is 1. The van der Waals surface area contributed by atoms with Gasteiger partial charge in [0.25, 0.3) is 5.91 Å². The average molecular weight is 430 g/mol. The van der Waals surface area contributed by atoms with Crippen LogP contribution in [0.15, 0.2) is 59.1 Å². The molecule has 0 unspecified atom stereocenters. The van der Waals surface area contributed by atoms with Crippen LogP contribution in [0.2, 0.25) is 0 Å². The molecular formula is C20H20BrN3OS. The quantitative estimate of drug-likeness (QED) is 0.584. The van der Waals surface area contributed by atoms with Crippen molar-refractivity contribution in [2.75, 3.05) is 11.9 Å². The number of halogens is 1. The molecule has 3 rings (SSSR count). The summed E-state index contributed by atoms with van der Waals surface area (Å²) in [4.78, 5) is 19.9. The molecule has 0 aliphatic rings. The van der Waals surface area contributed by atoms with Crippen molar-refractivity contribution >= 4 is 44.0 Å². The molecule has 4 nitrogen and oxygen atoms in total. The molecule has 0 bridgehead atoms. The molecule has 0 radical (unpaired) electrons. The van der Waals surface area contributed by atoms with Crippen molar-refractivity contribution < 1.29 is 4.79 Å². The lowest BCUT2D eigenvalue weighted by Crippen LogP contribution is -2.26. The fourth-order valence-electron chi connectivity index (χ4n) is 2.62. The number of hydrogen-bond donors (Lipinski definition) is 1. The molecule has 0 fully saturated rings. The Morgan fingerprint density at radius 2 is 1.92 bits per heavy atom. The van der Waals surface area contributed by atoms with Gasteiger partial charge in [0, 0.05) is 17.2 Å². The van der Waals surface area contributed by atoms with Crippen LogP contribution in [0, 0.1) is 6.92 Å². The Labute approximate surface area is 166 Å². The van der Waals surface area contributed by atoms with E-state index in [4.69, 9.17) is 0 Å². The van der Waals surface area contributed by atoms with Gasteiger partial charge in [0.05, 0.1) is 11.7 Å². The molecule has 0 saturated carbocycles. The average Bonchev–Trinajstić information content (AvgIpc) is 3.03. The Morgan fingerprint density at radius 3 is 2.62 bits per heavy atom. The van der Waals surface area contributed by atoms with Crippen molar-refractivity contribution in [3.63, 3.8) is 0 Å². The second kappa shape index (κ2) is 8.01. The lowest BCUT2D eigenvalue weighted by Gasteiger charge is -2.15. The second-order valence-electron chi connectivity index (χ2n) is 6.06. The standard InChI is InChI=1S/C20H20BrN3OS/c1-13(15-8-7-9-16(21)12-15)22-19(25)18-14(2)23-20(26-18)24(3)17-10-5-4-6-11-17/h4-13H,1-3H3,(H,22,25)/t13-/m0/s1. The molecule has 1 amide bonds. The predicted octanol–water partition coefficient (Wildman–Crippen LogP) is 5.47. The van der Waals surface area contributed by atoms with E-state index < -0.39 is 0 Å². The maximum absolute atomic E-state index is 12.7. The monoisotopic (exact) mass is 429 g/mol. The van der Waals surface area contributed by atoms with E-state index >= 15 is 0 Å². The first kappa shape index (κ1) is 18.6. The normalized spacial score (nSPS) is 11.8. The number of aromatic nitrogens is 1. The van der Waals surface area contributed by atoms with E-state index in [1.54, 1.807) is 0 Å². The van der Waals surface area contributed by atoms with Gasteiger partial charge in [-0.3, -0.25) is 4.79 Å². The molecule has 1 N–H and O–H groups in total. The summed E-state index contributed by atoms with van der Waals surface area (Å²) in [5, 5.41) is 3.86. The molecule has 1 heterocycles. The summed E-state index contributed by atoms with van der Waals surface area (Å²) in [6.45, 7) is 3.85. The van der Waals surface area contributed by atoms with Crippen LogP contribution in [-0.4, -0.2) is 17.9 Å². The summed E-state index contributed by atoms with van der Waals surface area (Å²) in [7, 11) is 1.96. The molecule has 26 heavy (non-hydrogen) atoms. The number of thiazole rings is 1. The number of amides is 1.